The van der Waals surface area contributed by atoms with Crippen LogP contribution in [-0.4, -0.2) is 37.2 Å². The predicted molar refractivity (Wildman–Crippen MR) is 121 cm³/mol. The van der Waals surface area contributed by atoms with Crippen molar-refractivity contribution in [2.24, 2.45) is 5.92 Å². The minimum Gasteiger partial charge on any atom is -0.378 e. The number of hydrogen-bond acceptors (Lipinski definition) is 4. The topological polar surface area (TPSA) is 44.8 Å². The molecule has 0 spiro atoms. The van der Waals surface area contributed by atoms with Crippen LogP contribution in [0.3, 0.4) is 0 Å². The van der Waals surface area contributed by atoms with E-state index in [4.69, 9.17) is 4.74 Å². The van der Waals surface area contributed by atoms with Crippen LogP contribution in [0, 0.1) is 5.92 Å². The number of ether oxygens (including phenoxy) is 1. The monoisotopic (exact) mass is 405 g/mol. The first-order valence-corrected chi connectivity index (χ1v) is 11.2. The summed E-state index contributed by atoms with van der Waals surface area (Å²) in [7, 11) is 0. The molecule has 2 aromatic rings. The number of nitrogens with one attached hydrogen (secondary N) is 1. The highest BCUT2D eigenvalue weighted by molar-refractivity contribution is 5.94. The van der Waals surface area contributed by atoms with Gasteiger partial charge in [0.1, 0.15) is 0 Å². The van der Waals surface area contributed by atoms with E-state index in [1.807, 2.05) is 11.0 Å². The molecule has 0 radical (unpaired) electrons. The van der Waals surface area contributed by atoms with Crippen molar-refractivity contribution in [1.29, 1.82) is 0 Å². The SMILES string of the molecule is CC(=O)N1c2ccc(N3CC4CCC(C3)O4)cc2[C@H](Nc2ccccc2)[C@@H](C)[C@@H]1C. The number of hydrogen-bond donors (Lipinski definition) is 1. The van der Waals surface area contributed by atoms with Crippen LogP contribution in [0.4, 0.5) is 17.1 Å². The van der Waals surface area contributed by atoms with Gasteiger partial charge in [0.15, 0.2) is 0 Å². The normalized spacial score (nSPS) is 30.2. The fourth-order valence-corrected chi connectivity index (χ4v) is 5.43. The van der Waals surface area contributed by atoms with Gasteiger partial charge in [-0.1, -0.05) is 25.1 Å². The van der Waals surface area contributed by atoms with Gasteiger partial charge in [0, 0.05) is 54.6 Å². The Kier molecular flexibility index (Phi) is 4.94. The number of carbonyl (C=O) groups is 1. The summed E-state index contributed by atoms with van der Waals surface area (Å²) in [6, 6.07) is 17.3. The molecule has 158 valence electrons. The molecule has 2 saturated heterocycles. The molecule has 1 N–H and O–H groups in total. The molecule has 5 rings (SSSR count). The Morgan fingerprint density at radius 2 is 1.73 bits per heavy atom. The van der Waals surface area contributed by atoms with Gasteiger partial charge >= 0.3 is 0 Å². The molecule has 30 heavy (non-hydrogen) atoms. The lowest BCUT2D eigenvalue weighted by atomic mass is 9.82. The fraction of sp³-hybridized carbons (Fsp3) is 0.480. The highest BCUT2D eigenvalue weighted by atomic mass is 16.5. The Morgan fingerprint density at radius 3 is 2.40 bits per heavy atom. The Balaban J connectivity index is 1.54. The first-order chi connectivity index (χ1) is 14.5. The van der Waals surface area contributed by atoms with Crippen LogP contribution < -0.4 is 15.1 Å². The van der Waals surface area contributed by atoms with Gasteiger partial charge in [-0.25, -0.2) is 0 Å². The van der Waals surface area contributed by atoms with E-state index in [1.165, 1.54) is 11.3 Å². The minimum atomic E-state index is 0.103. The average molecular weight is 406 g/mol. The number of para-hydroxylation sites is 1. The van der Waals surface area contributed by atoms with Crippen molar-refractivity contribution in [3.05, 3.63) is 54.1 Å². The summed E-state index contributed by atoms with van der Waals surface area (Å²) in [5.74, 6) is 0.378. The third kappa shape index (κ3) is 3.35. The highest BCUT2D eigenvalue weighted by Crippen LogP contribution is 2.44. The molecule has 1 amide bonds. The van der Waals surface area contributed by atoms with Gasteiger partial charge in [0.2, 0.25) is 5.91 Å². The number of nitrogens with zero attached hydrogens (tertiary/aromatic N) is 2. The van der Waals surface area contributed by atoms with Crippen LogP contribution in [0.2, 0.25) is 0 Å². The van der Waals surface area contributed by atoms with E-state index in [0.29, 0.717) is 12.2 Å². The largest absolute Gasteiger partial charge is 0.378 e. The van der Waals surface area contributed by atoms with Crippen molar-refractivity contribution >= 4 is 23.0 Å². The van der Waals surface area contributed by atoms with Gasteiger partial charge in [-0.15, -0.1) is 0 Å². The summed E-state index contributed by atoms with van der Waals surface area (Å²) in [5, 5.41) is 3.76. The third-order valence-corrected chi connectivity index (χ3v) is 7.14. The summed E-state index contributed by atoms with van der Waals surface area (Å²) in [5.41, 5.74) is 4.58. The lowest BCUT2D eigenvalue weighted by Crippen LogP contribution is -2.48. The standard InChI is InChI=1S/C25H31N3O2/c1-16-17(2)28(18(3)29)24-12-9-20(27-14-21-10-11-22(15-27)30-21)13-23(24)25(16)26-19-7-5-4-6-8-19/h4-9,12-13,16-17,21-22,25-26H,10-11,14-15H2,1-3H3/t16-,17-,21?,22?,25+/m0/s1. The first kappa shape index (κ1) is 19.4. The molecule has 2 fully saturated rings. The van der Waals surface area contributed by atoms with E-state index in [0.717, 1.165) is 37.3 Å². The molecule has 0 aromatic heterocycles. The average Bonchev–Trinajstić information content (AvgIpc) is 3.09. The smallest absolute Gasteiger partial charge is 0.224 e. The zero-order chi connectivity index (χ0) is 20.8. The number of fused-ring (bicyclic) bond motifs is 3. The van der Waals surface area contributed by atoms with Crippen LogP contribution >= 0.6 is 0 Å². The van der Waals surface area contributed by atoms with Crippen molar-refractivity contribution in [3.8, 4) is 0 Å². The maximum absolute atomic E-state index is 12.5. The molecule has 3 heterocycles. The fourth-order valence-electron chi connectivity index (χ4n) is 5.43. The van der Waals surface area contributed by atoms with Crippen molar-refractivity contribution < 1.29 is 9.53 Å². The van der Waals surface area contributed by atoms with E-state index in [2.05, 4.69) is 66.5 Å². The van der Waals surface area contributed by atoms with Crippen molar-refractivity contribution in [2.75, 3.05) is 28.2 Å². The van der Waals surface area contributed by atoms with Gasteiger partial charge < -0.3 is 19.9 Å². The van der Waals surface area contributed by atoms with Crippen LogP contribution in [0.5, 0.6) is 0 Å². The van der Waals surface area contributed by atoms with Crippen molar-refractivity contribution in [1.82, 2.24) is 0 Å². The number of benzene rings is 2. The Hall–Kier alpha value is -2.53. The Morgan fingerprint density at radius 1 is 1.03 bits per heavy atom. The van der Waals surface area contributed by atoms with E-state index >= 15 is 0 Å². The molecule has 0 saturated carbocycles. The van der Waals surface area contributed by atoms with Crippen LogP contribution in [-0.2, 0) is 9.53 Å². The summed E-state index contributed by atoms with van der Waals surface area (Å²) < 4.78 is 6.03. The number of rotatable bonds is 3. The maximum atomic E-state index is 12.5. The first-order valence-electron chi connectivity index (χ1n) is 11.2. The second-order valence-electron chi connectivity index (χ2n) is 9.08. The van der Waals surface area contributed by atoms with Gasteiger partial charge in [-0.3, -0.25) is 4.79 Å². The van der Waals surface area contributed by atoms with Gasteiger partial charge in [-0.2, -0.15) is 0 Å². The molecular weight excluding hydrogens is 374 g/mol. The lowest BCUT2D eigenvalue weighted by Gasteiger charge is -2.45. The van der Waals surface area contributed by atoms with E-state index < -0.39 is 0 Å². The molecule has 2 aromatic carbocycles. The van der Waals surface area contributed by atoms with E-state index in [-0.39, 0.29) is 23.9 Å². The Bertz CT molecular complexity index is 919. The predicted octanol–water partition coefficient (Wildman–Crippen LogP) is 4.60. The highest BCUT2D eigenvalue weighted by Gasteiger charge is 2.39. The quantitative estimate of drug-likeness (QED) is 0.811. The lowest BCUT2D eigenvalue weighted by molar-refractivity contribution is -0.117. The number of carbonyl (C=O) groups excluding carboxylic acids is 1. The molecule has 5 heteroatoms. The van der Waals surface area contributed by atoms with Gasteiger partial charge in [0.05, 0.1) is 18.2 Å². The number of anilines is 3. The molecule has 0 aliphatic carbocycles. The maximum Gasteiger partial charge on any atom is 0.224 e. The Labute approximate surface area is 179 Å². The molecule has 2 unspecified atom stereocenters. The van der Waals surface area contributed by atoms with Gasteiger partial charge in [0.25, 0.3) is 0 Å². The third-order valence-electron chi connectivity index (χ3n) is 7.14. The van der Waals surface area contributed by atoms with Crippen LogP contribution in [0.15, 0.2) is 48.5 Å². The molecule has 3 aliphatic rings. The van der Waals surface area contributed by atoms with Crippen molar-refractivity contribution in [2.45, 2.75) is 57.9 Å². The number of morpholine rings is 1. The minimum absolute atomic E-state index is 0.103. The molecular formula is C25H31N3O2. The van der Waals surface area contributed by atoms with Crippen LogP contribution in [0.25, 0.3) is 0 Å². The second kappa shape index (κ2) is 7.62. The summed E-state index contributed by atoms with van der Waals surface area (Å²) in [6.45, 7) is 7.97. The zero-order valence-corrected chi connectivity index (χ0v) is 18.0. The summed E-state index contributed by atoms with van der Waals surface area (Å²) in [6.07, 6.45) is 3.03. The van der Waals surface area contributed by atoms with Gasteiger partial charge in [-0.05, 0) is 50.1 Å². The van der Waals surface area contributed by atoms with Crippen LogP contribution in [0.1, 0.15) is 45.2 Å². The van der Waals surface area contributed by atoms with E-state index in [1.54, 1.807) is 6.92 Å². The molecule has 3 aliphatic heterocycles. The molecule has 2 bridgehead atoms. The zero-order valence-electron chi connectivity index (χ0n) is 18.0. The number of amides is 1. The van der Waals surface area contributed by atoms with Crippen molar-refractivity contribution in [3.63, 3.8) is 0 Å². The van der Waals surface area contributed by atoms with E-state index in [9.17, 15) is 4.79 Å². The summed E-state index contributed by atoms with van der Waals surface area (Å²) in [4.78, 5) is 17.0. The molecule has 5 nitrogen and oxygen atoms in total. The molecule has 5 atom stereocenters. The summed E-state index contributed by atoms with van der Waals surface area (Å²) >= 11 is 0. The second-order valence-corrected chi connectivity index (χ2v) is 9.08.